The molecular formula is C16H22Ti. The molecule has 2 aliphatic rings. The van der Waals surface area contributed by atoms with Gasteiger partial charge in [-0.3, -0.25) is 0 Å². The molecule has 0 aromatic heterocycles. The van der Waals surface area contributed by atoms with Crippen LogP contribution in [0.1, 0.15) is 41.0 Å². The zero-order chi connectivity index (χ0) is 12.0. The van der Waals surface area contributed by atoms with Crippen molar-refractivity contribution in [2.24, 2.45) is 0 Å². The molecule has 0 saturated carbocycles. The molecule has 0 radical (unpaired) electrons. The van der Waals surface area contributed by atoms with E-state index < -0.39 is 16.6 Å². The molecule has 1 aromatic carbocycles. The van der Waals surface area contributed by atoms with Gasteiger partial charge in [-0.25, -0.2) is 0 Å². The van der Waals surface area contributed by atoms with Gasteiger partial charge in [0.1, 0.15) is 0 Å². The Morgan fingerprint density at radius 1 is 1.00 bits per heavy atom. The number of allylic oxidation sites excluding steroid dienone is 2. The van der Waals surface area contributed by atoms with E-state index in [4.69, 9.17) is 0 Å². The Labute approximate surface area is 108 Å². The maximum atomic E-state index is 2.58. The Morgan fingerprint density at radius 3 is 2.47 bits per heavy atom. The molecule has 0 aliphatic heterocycles. The molecule has 90 valence electrons. The normalized spacial score (nSPS) is 23.6. The number of hydrogen-bond donors (Lipinski definition) is 0. The van der Waals surface area contributed by atoms with Gasteiger partial charge in [0.15, 0.2) is 0 Å². The van der Waals surface area contributed by atoms with Gasteiger partial charge in [0.25, 0.3) is 0 Å². The van der Waals surface area contributed by atoms with Crippen molar-refractivity contribution in [1.82, 2.24) is 0 Å². The third-order valence-electron chi connectivity index (χ3n) is 4.32. The van der Waals surface area contributed by atoms with Gasteiger partial charge in [-0.2, -0.15) is 0 Å². The summed E-state index contributed by atoms with van der Waals surface area (Å²) in [6.07, 6.45) is 5.52. The molecule has 3 rings (SSSR count). The SMILES string of the molecule is [CH3][Ti]([CH3])([CH3])[CH]1C2=C(CCCC2)c2ccccc21. The molecule has 0 nitrogen and oxygen atoms in total. The molecule has 0 amide bonds. The molecule has 0 spiro atoms. The Morgan fingerprint density at radius 2 is 1.71 bits per heavy atom. The summed E-state index contributed by atoms with van der Waals surface area (Å²) in [7, 11) is 0. The van der Waals surface area contributed by atoms with Crippen molar-refractivity contribution < 1.29 is 16.6 Å². The average Bonchev–Trinajstić information content (AvgIpc) is 2.63. The number of benzene rings is 1. The molecule has 1 aromatic rings. The second kappa shape index (κ2) is 4.11. The van der Waals surface area contributed by atoms with Crippen molar-refractivity contribution in [2.45, 2.75) is 45.6 Å². The number of hydrogen-bond acceptors (Lipinski definition) is 0. The van der Waals surface area contributed by atoms with Gasteiger partial charge >= 0.3 is 109 Å². The summed E-state index contributed by atoms with van der Waals surface area (Å²) < 4.78 is 0.849. The topological polar surface area (TPSA) is 0 Å². The monoisotopic (exact) mass is 262 g/mol. The quantitative estimate of drug-likeness (QED) is 0.597. The zero-order valence-corrected chi connectivity index (χ0v) is 12.8. The van der Waals surface area contributed by atoms with Gasteiger partial charge in [0.2, 0.25) is 0 Å². The summed E-state index contributed by atoms with van der Waals surface area (Å²) >= 11 is -1.66. The zero-order valence-electron chi connectivity index (χ0n) is 11.2. The van der Waals surface area contributed by atoms with Gasteiger partial charge in [-0.05, 0) is 0 Å². The van der Waals surface area contributed by atoms with Crippen LogP contribution in [0.25, 0.3) is 5.57 Å². The van der Waals surface area contributed by atoms with E-state index in [1.54, 1.807) is 16.7 Å². The van der Waals surface area contributed by atoms with Gasteiger partial charge in [0, 0.05) is 0 Å². The van der Waals surface area contributed by atoms with Crippen LogP contribution in [0.5, 0.6) is 0 Å². The van der Waals surface area contributed by atoms with Gasteiger partial charge in [-0.1, -0.05) is 0 Å². The summed E-state index contributed by atoms with van der Waals surface area (Å²) in [6, 6.07) is 9.22. The Balaban J connectivity index is 2.18. The third-order valence-corrected chi connectivity index (χ3v) is 8.06. The molecule has 1 atom stereocenters. The fourth-order valence-corrected chi connectivity index (χ4v) is 7.74. The summed E-state index contributed by atoms with van der Waals surface area (Å²) in [6.45, 7) is 0. The van der Waals surface area contributed by atoms with Crippen molar-refractivity contribution in [3.8, 4) is 0 Å². The summed E-state index contributed by atoms with van der Waals surface area (Å²) in [5.74, 6) is 0. The third kappa shape index (κ3) is 1.86. The van der Waals surface area contributed by atoms with E-state index >= 15 is 0 Å². The fraction of sp³-hybridized carbons (Fsp3) is 0.500. The van der Waals surface area contributed by atoms with Crippen LogP contribution in [0.15, 0.2) is 29.8 Å². The van der Waals surface area contributed by atoms with E-state index in [1.807, 2.05) is 5.57 Å². The number of fused-ring (bicyclic) bond motifs is 2. The maximum absolute atomic E-state index is 2.58. The Kier molecular flexibility index (Phi) is 2.84. The van der Waals surface area contributed by atoms with Crippen LogP contribution in [0, 0.1) is 0 Å². The molecule has 0 saturated heterocycles. The molecule has 1 heteroatoms. The minimum absolute atomic E-state index is 0.849. The second-order valence-electron chi connectivity index (χ2n) is 6.60. The Hall–Kier alpha value is -0.326. The Bertz CT molecular complexity index is 477. The van der Waals surface area contributed by atoms with Crippen molar-refractivity contribution in [3.05, 3.63) is 41.0 Å². The van der Waals surface area contributed by atoms with E-state index in [0.717, 1.165) is 4.22 Å². The van der Waals surface area contributed by atoms with Crippen LogP contribution in [0.4, 0.5) is 0 Å². The molecule has 0 N–H and O–H groups in total. The first-order chi connectivity index (χ1) is 8.09. The molecule has 0 bridgehead atoms. The van der Waals surface area contributed by atoms with Gasteiger partial charge in [-0.15, -0.1) is 0 Å². The average molecular weight is 262 g/mol. The summed E-state index contributed by atoms with van der Waals surface area (Å²) in [5, 5.41) is 7.73. The molecular weight excluding hydrogens is 240 g/mol. The van der Waals surface area contributed by atoms with Crippen molar-refractivity contribution in [1.29, 1.82) is 0 Å². The standard InChI is InChI=1S/C13H13.3CH3.Ti/c1-3-7-12-10(5-1)9-11-6-2-4-8-13(11)12;;;;/h1,3,5,7,9H,2,4,6,8H2;3*1H3;. The first kappa shape index (κ1) is 11.7. The van der Waals surface area contributed by atoms with E-state index in [0.29, 0.717) is 0 Å². The van der Waals surface area contributed by atoms with E-state index in [9.17, 15) is 0 Å². The van der Waals surface area contributed by atoms with Crippen LogP contribution in [0.2, 0.25) is 15.7 Å². The predicted octanol–water partition coefficient (Wildman–Crippen LogP) is 5.37. The minimum atomic E-state index is -1.66. The first-order valence-electron chi connectivity index (χ1n) is 6.90. The van der Waals surface area contributed by atoms with E-state index in [-0.39, 0.29) is 0 Å². The van der Waals surface area contributed by atoms with Crippen molar-refractivity contribution in [3.63, 3.8) is 0 Å². The molecule has 0 fully saturated rings. The van der Waals surface area contributed by atoms with E-state index in [2.05, 4.69) is 40.0 Å². The summed E-state index contributed by atoms with van der Waals surface area (Å²) in [5.41, 5.74) is 6.85. The van der Waals surface area contributed by atoms with Crippen LogP contribution in [-0.2, 0) is 16.6 Å². The molecule has 17 heavy (non-hydrogen) atoms. The van der Waals surface area contributed by atoms with Crippen molar-refractivity contribution in [2.75, 3.05) is 0 Å². The van der Waals surface area contributed by atoms with Crippen LogP contribution in [-0.4, -0.2) is 0 Å². The second-order valence-corrected chi connectivity index (χ2v) is 14.9. The molecule has 2 aliphatic carbocycles. The summed E-state index contributed by atoms with van der Waals surface area (Å²) in [4.78, 5) is 0. The van der Waals surface area contributed by atoms with Gasteiger partial charge in [0.05, 0.1) is 0 Å². The number of rotatable bonds is 1. The van der Waals surface area contributed by atoms with Crippen LogP contribution < -0.4 is 0 Å². The van der Waals surface area contributed by atoms with Crippen molar-refractivity contribution >= 4 is 5.57 Å². The molecule has 0 heterocycles. The molecule has 1 unspecified atom stereocenters. The van der Waals surface area contributed by atoms with E-state index in [1.165, 1.54) is 25.7 Å². The van der Waals surface area contributed by atoms with Crippen LogP contribution >= 0.6 is 0 Å². The predicted molar refractivity (Wildman–Crippen MR) is 72.2 cm³/mol. The first-order valence-corrected chi connectivity index (χ1v) is 12.5. The fourth-order valence-electron chi connectivity index (χ4n) is 3.76. The van der Waals surface area contributed by atoms with Crippen LogP contribution in [0.3, 0.4) is 0 Å². The van der Waals surface area contributed by atoms with Gasteiger partial charge < -0.3 is 0 Å².